The van der Waals surface area contributed by atoms with Crippen LogP contribution in [0.1, 0.15) is 18.8 Å². The molecule has 2 aromatic heterocycles. The fraction of sp³-hybridized carbons (Fsp3) is 0.231. The number of nitrogens with zero attached hydrogens (tertiary/aromatic N) is 5. The lowest BCUT2D eigenvalue weighted by Gasteiger charge is -2.14. The van der Waals surface area contributed by atoms with Gasteiger partial charge in [-0.2, -0.15) is 0 Å². The average molecular weight is 290 g/mol. The van der Waals surface area contributed by atoms with Crippen molar-refractivity contribution >= 4 is 22.5 Å². The van der Waals surface area contributed by atoms with Crippen LogP contribution in [0.15, 0.2) is 35.6 Å². The van der Waals surface area contributed by atoms with Crippen molar-refractivity contribution in [3.63, 3.8) is 0 Å². The third-order valence-corrected chi connectivity index (χ3v) is 3.52. The summed E-state index contributed by atoms with van der Waals surface area (Å²) in [6.45, 7) is 1.88. The molecule has 0 unspecified atom stereocenters. The second-order valence-electron chi connectivity index (χ2n) is 4.59. The van der Waals surface area contributed by atoms with E-state index in [9.17, 15) is 4.79 Å². The molecular formula is C13H12ClN5O. The standard InChI is InChI=1S/C13H12ClN5O/c1-8(12-17-16-7-18(12)2)19-6-15-11-5-9(14)3-4-10(11)13(19)20/h3-8H,1-2H3/t8-/m1/s1. The molecule has 1 atom stereocenters. The van der Waals surface area contributed by atoms with Crippen molar-refractivity contribution in [3.05, 3.63) is 52.1 Å². The van der Waals surface area contributed by atoms with Crippen molar-refractivity contribution in [2.45, 2.75) is 13.0 Å². The summed E-state index contributed by atoms with van der Waals surface area (Å²) in [5, 5.41) is 8.96. The van der Waals surface area contributed by atoms with Gasteiger partial charge in [-0.1, -0.05) is 11.6 Å². The summed E-state index contributed by atoms with van der Waals surface area (Å²) in [7, 11) is 1.84. The lowest BCUT2D eigenvalue weighted by atomic mass is 10.2. The lowest BCUT2D eigenvalue weighted by molar-refractivity contribution is 0.553. The molecular weight excluding hydrogens is 278 g/mol. The largest absolute Gasteiger partial charge is 0.319 e. The Labute approximate surface area is 119 Å². The fourth-order valence-corrected chi connectivity index (χ4v) is 2.35. The monoisotopic (exact) mass is 289 g/mol. The molecule has 1 aromatic carbocycles. The lowest BCUT2D eigenvalue weighted by Crippen LogP contribution is -2.26. The molecule has 0 fully saturated rings. The molecule has 3 rings (SSSR count). The topological polar surface area (TPSA) is 65.6 Å². The Hall–Kier alpha value is -2.21. The summed E-state index contributed by atoms with van der Waals surface area (Å²) in [4.78, 5) is 16.8. The molecule has 102 valence electrons. The van der Waals surface area contributed by atoms with E-state index in [1.165, 1.54) is 6.33 Å². The van der Waals surface area contributed by atoms with Crippen LogP contribution in [0, 0.1) is 0 Å². The minimum atomic E-state index is -0.248. The molecule has 20 heavy (non-hydrogen) atoms. The quantitative estimate of drug-likeness (QED) is 0.721. The Kier molecular flexibility index (Phi) is 3.02. The fourth-order valence-electron chi connectivity index (χ4n) is 2.18. The van der Waals surface area contributed by atoms with Crippen LogP contribution in [0.5, 0.6) is 0 Å². The van der Waals surface area contributed by atoms with Gasteiger partial charge in [0.2, 0.25) is 0 Å². The molecule has 0 radical (unpaired) electrons. The second kappa shape index (κ2) is 4.72. The first-order valence-corrected chi connectivity index (χ1v) is 6.46. The highest BCUT2D eigenvalue weighted by atomic mass is 35.5. The Morgan fingerprint density at radius 1 is 1.30 bits per heavy atom. The van der Waals surface area contributed by atoms with Crippen LogP contribution in [0.25, 0.3) is 10.9 Å². The molecule has 0 aliphatic carbocycles. The van der Waals surface area contributed by atoms with Crippen LogP contribution >= 0.6 is 11.6 Å². The highest BCUT2D eigenvalue weighted by molar-refractivity contribution is 6.31. The van der Waals surface area contributed by atoms with Gasteiger partial charge in [0.1, 0.15) is 6.33 Å². The SMILES string of the molecule is C[C@H](c1nncn1C)n1cnc2cc(Cl)ccc2c1=O. The van der Waals surface area contributed by atoms with Crippen molar-refractivity contribution in [2.75, 3.05) is 0 Å². The molecule has 3 aromatic rings. The Bertz CT molecular complexity index is 838. The molecule has 0 N–H and O–H groups in total. The maximum atomic E-state index is 12.5. The van der Waals surface area contributed by atoms with Gasteiger partial charge in [0.25, 0.3) is 5.56 Å². The van der Waals surface area contributed by atoms with Crippen molar-refractivity contribution in [1.29, 1.82) is 0 Å². The number of fused-ring (bicyclic) bond motifs is 1. The highest BCUT2D eigenvalue weighted by Gasteiger charge is 2.16. The minimum absolute atomic E-state index is 0.123. The van der Waals surface area contributed by atoms with E-state index in [0.717, 1.165) is 0 Å². The summed E-state index contributed by atoms with van der Waals surface area (Å²) < 4.78 is 3.32. The molecule has 0 spiro atoms. The molecule has 2 heterocycles. The normalized spacial score (nSPS) is 12.8. The van der Waals surface area contributed by atoms with Crippen molar-refractivity contribution in [2.24, 2.45) is 7.05 Å². The molecule has 0 saturated carbocycles. The van der Waals surface area contributed by atoms with Gasteiger partial charge >= 0.3 is 0 Å². The number of aryl methyl sites for hydroxylation is 1. The third kappa shape index (κ3) is 1.98. The van der Waals surface area contributed by atoms with Gasteiger partial charge in [-0.15, -0.1) is 10.2 Å². The summed E-state index contributed by atoms with van der Waals surface area (Å²) in [5.74, 6) is 0.696. The van der Waals surface area contributed by atoms with E-state index >= 15 is 0 Å². The van der Waals surface area contributed by atoms with Gasteiger partial charge in [-0.3, -0.25) is 9.36 Å². The molecule has 0 saturated heterocycles. The Balaban J connectivity index is 2.18. The number of hydrogen-bond donors (Lipinski definition) is 0. The maximum Gasteiger partial charge on any atom is 0.261 e. The molecule has 0 bridgehead atoms. The van der Waals surface area contributed by atoms with Gasteiger partial charge in [-0.05, 0) is 25.1 Å². The molecule has 0 aliphatic rings. The van der Waals surface area contributed by atoms with E-state index in [1.807, 2.05) is 14.0 Å². The maximum absolute atomic E-state index is 12.5. The highest BCUT2D eigenvalue weighted by Crippen LogP contribution is 2.17. The Morgan fingerprint density at radius 3 is 2.80 bits per heavy atom. The molecule has 6 nitrogen and oxygen atoms in total. The second-order valence-corrected chi connectivity index (χ2v) is 5.03. The average Bonchev–Trinajstić information content (AvgIpc) is 2.84. The van der Waals surface area contributed by atoms with Crippen molar-refractivity contribution < 1.29 is 0 Å². The Morgan fingerprint density at radius 2 is 2.10 bits per heavy atom. The number of benzene rings is 1. The van der Waals surface area contributed by atoms with Crippen molar-refractivity contribution in [1.82, 2.24) is 24.3 Å². The zero-order chi connectivity index (χ0) is 14.3. The van der Waals surface area contributed by atoms with Crippen LogP contribution in [0.3, 0.4) is 0 Å². The first-order chi connectivity index (χ1) is 9.58. The first-order valence-electron chi connectivity index (χ1n) is 6.08. The van der Waals surface area contributed by atoms with E-state index < -0.39 is 0 Å². The third-order valence-electron chi connectivity index (χ3n) is 3.28. The van der Waals surface area contributed by atoms with Crippen LogP contribution in [0.4, 0.5) is 0 Å². The minimum Gasteiger partial charge on any atom is -0.319 e. The van der Waals surface area contributed by atoms with E-state index in [-0.39, 0.29) is 11.6 Å². The van der Waals surface area contributed by atoms with E-state index in [4.69, 9.17) is 11.6 Å². The number of rotatable bonds is 2. The summed E-state index contributed by atoms with van der Waals surface area (Å²) >= 11 is 5.90. The molecule has 0 aliphatic heterocycles. The van der Waals surface area contributed by atoms with Crippen molar-refractivity contribution in [3.8, 4) is 0 Å². The van der Waals surface area contributed by atoms with Crippen LogP contribution < -0.4 is 5.56 Å². The smallest absolute Gasteiger partial charge is 0.261 e. The van der Waals surface area contributed by atoms with E-state index in [0.29, 0.717) is 21.7 Å². The van der Waals surface area contributed by atoms with Gasteiger partial charge in [-0.25, -0.2) is 4.98 Å². The summed E-state index contributed by atoms with van der Waals surface area (Å²) in [6.07, 6.45) is 3.12. The first kappa shape index (κ1) is 12.8. The van der Waals surface area contributed by atoms with Gasteiger partial charge in [0.15, 0.2) is 5.82 Å². The number of halogens is 1. The number of aromatic nitrogens is 5. The summed E-state index contributed by atoms with van der Waals surface area (Å²) in [5.41, 5.74) is 0.464. The van der Waals surface area contributed by atoms with Crippen LogP contribution in [-0.2, 0) is 7.05 Å². The summed E-state index contributed by atoms with van der Waals surface area (Å²) in [6, 6.07) is 4.80. The van der Waals surface area contributed by atoms with Gasteiger partial charge < -0.3 is 4.57 Å². The molecule has 7 heteroatoms. The molecule has 0 amide bonds. The zero-order valence-electron chi connectivity index (χ0n) is 11.0. The van der Waals surface area contributed by atoms with Crippen LogP contribution in [0.2, 0.25) is 5.02 Å². The van der Waals surface area contributed by atoms with E-state index in [1.54, 1.807) is 33.7 Å². The predicted molar refractivity (Wildman–Crippen MR) is 75.8 cm³/mol. The predicted octanol–water partition coefficient (Wildman–Crippen LogP) is 1.79. The van der Waals surface area contributed by atoms with Gasteiger partial charge in [0.05, 0.1) is 23.3 Å². The number of hydrogen-bond acceptors (Lipinski definition) is 4. The van der Waals surface area contributed by atoms with Crippen LogP contribution in [-0.4, -0.2) is 24.3 Å². The van der Waals surface area contributed by atoms with E-state index in [2.05, 4.69) is 15.2 Å². The van der Waals surface area contributed by atoms with Gasteiger partial charge in [0, 0.05) is 12.1 Å². The zero-order valence-corrected chi connectivity index (χ0v) is 11.7.